The van der Waals surface area contributed by atoms with Crippen LogP contribution in [0.2, 0.25) is 0 Å². The highest BCUT2D eigenvalue weighted by Gasteiger charge is 2.36. The van der Waals surface area contributed by atoms with Crippen LogP contribution in [-0.2, 0) is 11.2 Å². The molecule has 4 heteroatoms. The topological polar surface area (TPSA) is 53.7 Å². The van der Waals surface area contributed by atoms with Gasteiger partial charge in [-0.2, -0.15) is 0 Å². The first-order valence-electron chi connectivity index (χ1n) is 6.92. The number of hydrogen-bond donors (Lipinski definition) is 1. The number of β-amino-alcohol motifs (C(OH)–C–C–N with tert-alkyl or cyclic N) is 1. The van der Waals surface area contributed by atoms with E-state index in [1.165, 1.54) is 0 Å². The van der Waals surface area contributed by atoms with Crippen LogP contribution in [0.25, 0.3) is 0 Å². The summed E-state index contributed by atoms with van der Waals surface area (Å²) in [5, 5.41) is 9.74. The Kier molecular flexibility index (Phi) is 3.99. The van der Waals surface area contributed by atoms with E-state index in [1.807, 2.05) is 24.0 Å². The molecule has 1 saturated heterocycles. The molecule has 0 aliphatic carbocycles. The van der Waals surface area contributed by atoms with E-state index >= 15 is 0 Å². The lowest BCUT2D eigenvalue weighted by Crippen LogP contribution is -2.54. The van der Waals surface area contributed by atoms with Gasteiger partial charge in [-0.25, -0.2) is 0 Å². The third-order valence-electron chi connectivity index (χ3n) is 3.90. The first-order valence-corrected chi connectivity index (χ1v) is 6.92. The molecule has 1 amide bonds. The molecule has 2 heterocycles. The van der Waals surface area contributed by atoms with E-state index in [9.17, 15) is 9.90 Å². The summed E-state index contributed by atoms with van der Waals surface area (Å²) < 4.78 is 5.47. The number of aliphatic hydroxyl groups is 1. The summed E-state index contributed by atoms with van der Waals surface area (Å²) in [6.07, 6.45) is 2.29. The van der Waals surface area contributed by atoms with Gasteiger partial charge in [0.25, 0.3) is 0 Å². The minimum atomic E-state index is -0.386. The fourth-order valence-electron chi connectivity index (χ4n) is 2.63. The first kappa shape index (κ1) is 14.1. The molecule has 1 aromatic heterocycles. The lowest BCUT2D eigenvalue weighted by atomic mass is 9.88. The summed E-state index contributed by atoms with van der Waals surface area (Å²) in [4.78, 5) is 14.1. The van der Waals surface area contributed by atoms with Gasteiger partial charge in [0.2, 0.25) is 5.91 Å². The Labute approximate surface area is 114 Å². The maximum Gasteiger partial charge on any atom is 0.223 e. The van der Waals surface area contributed by atoms with Gasteiger partial charge in [0.05, 0.1) is 6.10 Å². The molecule has 2 rings (SSSR count). The minimum absolute atomic E-state index is 0.0952. The highest BCUT2D eigenvalue weighted by atomic mass is 16.3. The van der Waals surface area contributed by atoms with Gasteiger partial charge in [0.1, 0.15) is 11.5 Å². The Morgan fingerprint density at radius 3 is 2.89 bits per heavy atom. The largest absolute Gasteiger partial charge is 0.466 e. The van der Waals surface area contributed by atoms with E-state index in [4.69, 9.17) is 4.42 Å². The van der Waals surface area contributed by atoms with Crippen molar-refractivity contribution in [3.63, 3.8) is 0 Å². The molecule has 0 aromatic carbocycles. The van der Waals surface area contributed by atoms with Crippen LogP contribution >= 0.6 is 0 Å². The van der Waals surface area contributed by atoms with Crippen LogP contribution in [0.3, 0.4) is 0 Å². The van der Waals surface area contributed by atoms with Gasteiger partial charge < -0.3 is 14.4 Å². The number of furan rings is 1. The van der Waals surface area contributed by atoms with E-state index in [0.717, 1.165) is 24.4 Å². The molecule has 0 saturated carbocycles. The molecule has 1 aliphatic rings. The van der Waals surface area contributed by atoms with Crippen molar-refractivity contribution in [1.82, 2.24) is 4.90 Å². The van der Waals surface area contributed by atoms with Crippen molar-refractivity contribution in [2.45, 2.75) is 58.1 Å². The van der Waals surface area contributed by atoms with Gasteiger partial charge in [-0.1, -0.05) is 0 Å². The number of hydrogen-bond acceptors (Lipinski definition) is 3. The lowest BCUT2D eigenvalue weighted by Gasteiger charge is -2.44. The summed E-state index contributed by atoms with van der Waals surface area (Å²) in [5.74, 6) is 1.81. The van der Waals surface area contributed by atoms with Crippen LogP contribution in [0.5, 0.6) is 0 Å². The Bertz CT molecular complexity index is 450. The second kappa shape index (κ2) is 5.37. The van der Waals surface area contributed by atoms with Crippen molar-refractivity contribution in [2.24, 2.45) is 0 Å². The van der Waals surface area contributed by atoms with Crippen LogP contribution in [0.1, 0.15) is 44.6 Å². The molecule has 1 fully saturated rings. The number of nitrogens with zero attached hydrogens (tertiary/aromatic N) is 1. The lowest BCUT2D eigenvalue weighted by molar-refractivity contribution is -0.142. The second-order valence-corrected chi connectivity index (χ2v) is 6.02. The summed E-state index contributed by atoms with van der Waals surface area (Å²) in [6, 6.07) is 3.83. The molecule has 1 aliphatic heterocycles. The van der Waals surface area contributed by atoms with E-state index in [1.54, 1.807) is 0 Å². The van der Waals surface area contributed by atoms with Gasteiger partial charge >= 0.3 is 0 Å². The number of piperidine rings is 1. The molecular formula is C15H23NO3. The maximum atomic E-state index is 12.3. The van der Waals surface area contributed by atoms with Crippen LogP contribution in [-0.4, -0.2) is 34.1 Å². The standard InChI is InChI=1S/C15H23NO3/c1-11-4-5-13(19-11)6-7-14(18)16-10-12(17)8-9-15(16,2)3/h4-5,12,17H,6-10H2,1-3H3. The highest BCUT2D eigenvalue weighted by molar-refractivity contribution is 5.77. The van der Waals surface area contributed by atoms with Gasteiger partial charge in [0.15, 0.2) is 0 Å². The zero-order chi connectivity index (χ0) is 14.0. The van der Waals surface area contributed by atoms with Crippen molar-refractivity contribution in [3.8, 4) is 0 Å². The molecule has 1 N–H and O–H groups in total. The van der Waals surface area contributed by atoms with E-state index in [0.29, 0.717) is 19.4 Å². The highest BCUT2D eigenvalue weighted by Crippen LogP contribution is 2.28. The summed E-state index contributed by atoms with van der Waals surface area (Å²) in [5.41, 5.74) is -0.157. The molecular weight excluding hydrogens is 242 g/mol. The molecule has 1 atom stereocenters. The predicted molar refractivity (Wildman–Crippen MR) is 72.8 cm³/mol. The fourth-order valence-corrected chi connectivity index (χ4v) is 2.63. The maximum absolute atomic E-state index is 12.3. The van der Waals surface area contributed by atoms with Gasteiger partial charge in [-0.15, -0.1) is 0 Å². The Morgan fingerprint density at radius 2 is 2.26 bits per heavy atom. The molecule has 1 unspecified atom stereocenters. The van der Waals surface area contributed by atoms with Crippen LogP contribution in [0.4, 0.5) is 0 Å². The predicted octanol–water partition coefficient (Wildman–Crippen LogP) is 2.28. The Hall–Kier alpha value is -1.29. The third-order valence-corrected chi connectivity index (χ3v) is 3.90. The average Bonchev–Trinajstić information content (AvgIpc) is 2.75. The van der Waals surface area contributed by atoms with Crippen molar-refractivity contribution in [1.29, 1.82) is 0 Å². The Morgan fingerprint density at radius 1 is 1.53 bits per heavy atom. The van der Waals surface area contributed by atoms with Crippen LogP contribution in [0, 0.1) is 6.92 Å². The van der Waals surface area contributed by atoms with E-state index < -0.39 is 0 Å². The molecule has 1 aromatic rings. The number of carbonyl (C=O) groups excluding carboxylic acids is 1. The zero-order valence-corrected chi connectivity index (χ0v) is 12.0. The summed E-state index contributed by atoms with van der Waals surface area (Å²) in [7, 11) is 0. The monoisotopic (exact) mass is 265 g/mol. The number of aryl methyl sites for hydroxylation is 2. The Balaban J connectivity index is 1.94. The van der Waals surface area contributed by atoms with Crippen molar-refractivity contribution >= 4 is 5.91 Å². The molecule has 19 heavy (non-hydrogen) atoms. The summed E-state index contributed by atoms with van der Waals surface area (Å²) in [6.45, 7) is 6.47. The number of aliphatic hydroxyl groups excluding tert-OH is 1. The molecule has 0 spiro atoms. The number of likely N-dealkylation sites (tertiary alicyclic amines) is 1. The molecule has 0 bridgehead atoms. The van der Waals surface area contributed by atoms with Crippen LogP contribution < -0.4 is 0 Å². The quantitative estimate of drug-likeness (QED) is 0.912. The van der Waals surface area contributed by atoms with Gasteiger partial charge in [-0.3, -0.25) is 4.79 Å². The van der Waals surface area contributed by atoms with E-state index in [2.05, 4.69) is 13.8 Å². The molecule has 106 valence electrons. The number of rotatable bonds is 3. The molecule has 0 radical (unpaired) electrons. The fraction of sp³-hybridized carbons (Fsp3) is 0.667. The van der Waals surface area contributed by atoms with Crippen molar-refractivity contribution in [3.05, 3.63) is 23.7 Å². The van der Waals surface area contributed by atoms with Gasteiger partial charge in [0, 0.05) is 24.9 Å². The van der Waals surface area contributed by atoms with Crippen molar-refractivity contribution < 1.29 is 14.3 Å². The first-order chi connectivity index (χ1) is 8.88. The minimum Gasteiger partial charge on any atom is -0.466 e. The second-order valence-electron chi connectivity index (χ2n) is 6.02. The van der Waals surface area contributed by atoms with Crippen molar-refractivity contribution in [2.75, 3.05) is 6.54 Å². The smallest absolute Gasteiger partial charge is 0.223 e. The normalized spacial score (nSPS) is 22.5. The molecule has 4 nitrogen and oxygen atoms in total. The number of amides is 1. The van der Waals surface area contributed by atoms with Crippen LogP contribution in [0.15, 0.2) is 16.5 Å². The third kappa shape index (κ3) is 3.38. The SMILES string of the molecule is Cc1ccc(CCC(=O)N2CC(O)CCC2(C)C)o1. The number of carbonyl (C=O) groups is 1. The van der Waals surface area contributed by atoms with E-state index in [-0.39, 0.29) is 17.6 Å². The summed E-state index contributed by atoms with van der Waals surface area (Å²) >= 11 is 0. The zero-order valence-electron chi connectivity index (χ0n) is 12.0. The average molecular weight is 265 g/mol. The van der Waals surface area contributed by atoms with Gasteiger partial charge in [-0.05, 0) is 45.7 Å².